The van der Waals surface area contributed by atoms with E-state index in [9.17, 15) is 22.8 Å². The summed E-state index contributed by atoms with van der Waals surface area (Å²) in [6.45, 7) is 0.805. The molecule has 5 nitrogen and oxygen atoms in total. The van der Waals surface area contributed by atoms with Gasteiger partial charge in [0, 0.05) is 22.7 Å². The summed E-state index contributed by atoms with van der Waals surface area (Å²) in [6.07, 6.45) is -4.05. The van der Waals surface area contributed by atoms with Gasteiger partial charge in [0.15, 0.2) is 12.7 Å². The Hall–Kier alpha value is -3.29. The number of hydrogen-bond donors (Lipinski definition) is 1. The van der Waals surface area contributed by atoms with Crippen LogP contribution in [0.4, 0.5) is 13.2 Å². The van der Waals surface area contributed by atoms with Crippen LogP contribution in [0.1, 0.15) is 22.8 Å². The van der Waals surface area contributed by atoms with Gasteiger partial charge in [-0.05, 0) is 31.2 Å². The molecule has 0 aliphatic rings. The fraction of sp³-hybridized carbons (Fsp3) is 0.200. The third-order valence-corrected chi connectivity index (χ3v) is 4.05. The topological polar surface area (TPSA) is 68.4 Å². The lowest BCUT2D eigenvalue weighted by Gasteiger charge is -2.13. The zero-order chi connectivity index (χ0) is 20.3. The predicted molar refractivity (Wildman–Crippen MR) is 95.1 cm³/mol. The first-order chi connectivity index (χ1) is 13.3. The molecule has 0 unspecified atom stereocenters. The second-order valence-electron chi connectivity index (χ2n) is 6.06. The van der Waals surface area contributed by atoms with Crippen LogP contribution in [0.5, 0.6) is 5.75 Å². The summed E-state index contributed by atoms with van der Waals surface area (Å²) < 4.78 is 48.2. The second-order valence-corrected chi connectivity index (χ2v) is 6.06. The van der Waals surface area contributed by atoms with Crippen LogP contribution < -0.4 is 4.74 Å². The van der Waals surface area contributed by atoms with Gasteiger partial charge in [-0.2, -0.15) is 13.2 Å². The molecule has 1 aromatic heterocycles. The summed E-state index contributed by atoms with van der Waals surface area (Å²) in [4.78, 5) is 27.4. The lowest BCUT2D eigenvalue weighted by molar-refractivity contribution is -0.148. The largest absolute Gasteiger partial charge is 0.482 e. The van der Waals surface area contributed by atoms with E-state index in [4.69, 9.17) is 9.47 Å². The van der Waals surface area contributed by atoms with Crippen molar-refractivity contribution in [3.05, 3.63) is 65.9 Å². The van der Waals surface area contributed by atoms with Gasteiger partial charge in [0.25, 0.3) is 0 Å². The van der Waals surface area contributed by atoms with Gasteiger partial charge in [0.1, 0.15) is 5.75 Å². The first kappa shape index (κ1) is 19.5. The number of carbonyl (C=O) groups is 2. The number of Topliss-reactive ketones (excluding diaryl/α,β-unsaturated/α-hetero) is 1. The summed E-state index contributed by atoms with van der Waals surface area (Å²) in [5, 5.41) is 0.704. The van der Waals surface area contributed by atoms with Crippen molar-refractivity contribution in [1.82, 2.24) is 4.98 Å². The Morgan fingerprint density at radius 3 is 2.61 bits per heavy atom. The molecular weight excluding hydrogens is 375 g/mol. The van der Waals surface area contributed by atoms with Crippen LogP contribution in [0, 0.1) is 0 Å². The van der Waals surface area contributed by atoms with Crippen LogP contribution in [0.2, 0.25) is 0 Å². The van der Waals surface area contributed by atoms with Crippen LogP contribution in [-0.4, -0.2) is 29.4 Å². The van der Waals surface area contributed by atoms with Gasteiger partial charge in [0.2, 0.25) is 5.78 Å². The summed E-state index contributed by atoms with van der Waals surface area (Å²) >= 11 is 0. The number of hydrogen-bond acceptors (Lipinski definition) is 4. The number of H-pyrrole nitrogens is 1. The van der Waals surface area contributed by atoms with Crippen LogP contribution in [0.15, 0.2) is 54.7 Å². The first-order valence-electron chi connectivity index (χ1n) is 8.35. The van der Waals surface area contributed by atoms with Gasteiger partial charge < -0.3 is 14.5 Å². The number of aromatic nitrogens is 1. The maximum Gasteiger partial charge on any atom is 0.416 e. The number of benzene rings is 2. The Balaban J connectivity index is 1.59. The normalized spacial score (nSPS) is 12.6. The van der Waals surface area contributed by atoms with Crippen molar-refractivity contribution in [2.24, 2.45) is 0 Å². The first-order valence-corrected chi connectivity index (χ1v) is 8.35. The van der Waals surface area contributed by atoms with Crippen molar-refractivity contribution in [3.63, 3.8) is 0 Å². The number of fused-ring (bicyclic) bond motifs is 1. The molecule has 0 bridgehead atoms. The molecule has 3 rings (SSSR count). The maximum absolute atomic E-state index is 12.7. The minimum atomic E-state index is -4.51. The van der Waals surface area contributed by atoms with E-state index in [1.165, 1.54) is 25.3 Å². The SMILES string of the molecule is C[C@H](OC(=O)COc1cccc(C(F)(F)F)c1)C(=O)c1c[nH]c2ccccc12. The molecule has 0 fully saturated rings. The molecule has 0 aliphatic heterocycles. The number of ketones is 1. The molecule has 0 aliphatic carbocycles. The van der Waals surface area contributed by atoms with Crippen molar-refractivity contribution >= 4 is 22.7 Å². The summed E-state index contributed by atoms with van der Waals surface area (Å²) in [6, 6.07) is 11.3. The predicted octanol–water partition coefficient (Wildman–Crippen LogP) is 4.38. The minimum absolute atomic E-state index is 0.123. The van der Waals surface area contributed by atoms with E-state index in [0.29, 0.717) is 10.9 Å². The molecule has 0 amide bonds. The fourth-order valence-corrected chi connectivity index (χ4v) is 2.68. The third-order valence-electron chi connectivity index (χ3n) is 4.05. The molecule has 28 heavy (non-hydrogen) atoms. The zero-order valence-corrected chi connectivity index (χ0v) is 14.7. The van der Waals surface area contributed by atoms with Gasteiger partial charge in [-0.1, -0.05) is 24.3 Å². The number of aromatic amines is 1. The average molecular weight is 391 g/mol. The number of nitrogens with one attached hydrogen (secondary N) is 1. The minimum Gasteiger partial charge on any atom is -0.482 e. The highest BCUT2D eigenvalue weighted by Crippen LogP contribution is 2.31. The Morgan fingerprint density at radius 2 is 1.86 bits per heavy atom. The molecule has 0 radical (unpaired) electrons. The third kappa shape index (κ3) is 4.33. The highest BCUT2D eigenvalue weighted by Gasteiger charge is 2.30. The van der Waals surface area contributed by atoms with Gasteiger partial charge in [-0.3, -0.25) is 4.79 Å². The van der Waals surface area contributed by atoms with E-state index >= 15 is 0 Å². The van der Waals surface area contributed by atoms with E-state index in [2.05, 4.69) is 4.98 Å². The molecule has 0 saturated carbocycles. The molecule has 2 aromatic carbocycles. The molecule has 1 heterocycles. The molecule has 3 aromatic rings. The number of para-hydroxylation sites is 1. The molecule has 1 N–H and O–H groups in total. The van der Waals surface area contributed by atoms with E-state index in [0.717, 1.165) is 17.6 Å². The Kier molecular flexibility index (Phi) is 5.39. The summed E-state index contributed by atoms with van der Waals surface area (Å²) in [7, 11) is 0. The number of rotatable bonds is 6. The number of esters is 1. The van der Waals surface area contributed by atoms with E-state index in [-0.39, 0.29) is 5.75 Å². The van der Waals surface area contributed by atoms with E-state index < -0.39 is 36.2 Å². The van der Waals surface area contributed by atoms with Crippen LogP contribution >= 0.6 is 0 Å². The second kappa shape index (κ2) is 7.75. The van der Waals surface area contributed by atoms with Crippen LogP contribution in [0.3, 0.4) is 0 Å². The standard InChI is InChI=1S/C20H16F3NO4/c1-12(19(26)16-10-24-17-8-3-2-7-15(16)17)28-18(25)11-27-14-6-4-5-13(9-14)20(21,22)23/h2-10,12,24H,11H2,1H3/t12-/m0/s1. The summed E-state index contributed by atoms with van der Waals surface area (Å²) in [5.74, 6) is -1.38. The smallest absolute Gasteiger partial charge is 0.416 e. The summed E-state index contributed by atoms with van der Waals surface area (Å²) in [5.41, 5.74) is 0.271. The van der Waals surface area contributed by atoms with Crippen molar-refractivity contribution < 1.29 is 32.2 Å². The quantitative estimate of drug-likeness (QED) is 0.500. The molecule has 146 valence electrons. The highest BCUT2D eigenvalue weighted by atomic mass is 19.4. The molecule has 0 saturated heterocycles. The number of halogens is 3. The lowest BCUT2D eigenvalue weighted by Crippen LogP contribution is -2.27. The van der Waals surface area contributed by atoms with Crippen molar-refractivity contribution in [2.75, 3.05) is 6.61 Å². The number of alkyl halides is 3. The Morgan fingerprint density at radius 1 is 1.11 bits per heavy atom. The maximum atomic E-state index is 12.7. The molecule has 8 heteroatoms. The molecule has 1 atom stereocenters. The van der Waals surface area contributed by atoms with E-state index in [1.54, 1.807) is 12.1 Å². The zero-order valence-electron chi connectivity index (χ0n) is 14.7. The van der Waals surface area contributed by atoms with Crippen molar-refractivity contribution in [3.8, 4) is 5.75 Å². The van der Waals surface area contributed by atoms with Crippen molar-refractivity contribution in [2.45, 2.75) is 19.2 Å². The Bertz CT molecular complexity index is 1010. The number of carbonyl (C=O) groups excluding carboxylic acids is 2. The molecular formula is C20H16F3NO4. The van der Waals surface area contributed by atoms with Gasteiger partial charge in [-0.15, -0.1) is 0 Å². The lowest BCUT2D eigenvalue weighted by atomic mass is 10.1. The Labute approximate surface area is 158 Å². The van der Waals surface area contributed by atoms with Crippen LogP contribution in [-0.2, 0) is 15.7 Å². The number of ether oxygens (including phenoxy) is 2. The fourth-order valence-electron chi connectivity index (χ4n) is 2.68. The van der Waals surface area contributed by atoms with E-state index in [1.807, 2.05) is 12.1 Å². The van der Waals surface area contributed by atoms with Gasteiger partial charge in [-0.25, -0.2) is 4.79 Å². The van der Waals surface area contributed by atoms with Gasteiger partial charge >= 0.3 is 12.1 Å². The monoisotopic (exact) mass is 391 g/mol. The van der Waals surface area contributed by atoms with Crippen LogP contribution in [0.25, 0.3) is 10.9 Å². The highest BCUT2D eigenvalue weighted by molar-refractivity contribution is 6.10. The van der Waals surface area contributed by atoms with Gasteiger partial charge in [0.05, 0.1) is 5.56 Å². The van der Waals surface area contributed by atoms with Crippen molar-refractivity contribution in [1.29, 1.82) is 0 Å². The molecule has 0 spiro atoms. The average Bonchev–Trinajstić information content (AvgIpc) is 3.09.